The van der Waals surface area contributed by atoms with Gasteiger partial charge in [-0.1, -0.05) is 73.7 Å². The summed E-state index contributed by atoms with van der Waals surface area (Å²) >= 11 is 0. The standard InChI is InChI=1S/C16H19NO4S.C6H6/c1-2-17-12-16(18)13-8-10-14(11-9-13)21-22(19,20)15-6-4-3-5-7-15;1-2-4-6-5-3-1/h3-11,16-18H,2,12H2,1H3;1-6H/t16-;/m1./s1. The summed E-state index contributed by atoms with van der Waals surface area (Å²) in [5, 5.41) is 13.0. The minimum Gasteiger partial charge on any atom is -0.387 e. The number of aliphatic hydroxyl groups excluding tert-OH is 1. The average molecular weight is 400 g/mol. The van der Waals surface area contributed by atoms with Crippen LogP contribution in [0.4, 0.5) is 0 Å². The highest BCUT2D eigenvalue weighted by atomic mass is 32.2. The molecule has 0 fully saturated rings. The third kappa shape index (κ3) is 7.15. The van der Waals surface area contributed by atoms with E-state index < -0.39 is 16.2 Å². The summed E-state index contributed by atoms with van der Waals surface area (Å²) in [6.07, 6.45) is -0.639. The van der Waals surface area contributed by atoms with Gasteiger partial charge in [0, 0.05) is 6.54 Å². The maximum Gasteiger partial charge on any atom is 0.339 e. The second-order valence-electron chi connectivity index (χ2n) is 5.90. The van der Waals surface area contributed by atoms with Crippen molar-refractivity contribution in [2.45, 2.75) is 17.9 Å². The molecule has 0 aliphatic heterocycles. The van der Waals surface area contributed by atoms with Crippen LogP contribution in [0.2, 0.25) is 0 Å². The molecule has 0 aliphatic carbocycles. The summed E-state index contributed by atoms with van der Waals surface area (Å²) in [5.41, 5.74) is 0.699. The molecule has 5 nitrogen and oxygen atoms in total. The Kier molecular flexibility index (Phi) is 8.68. The SMILES string of the molecule is CCNC[C@@H](O)c1ccc(OS(=O)(=O)c2ccccc2)cc1.c1ccccc1. The van der Waals surface area contributed by atoms with Crippen molar-refractivity contribution in [3.8, 4) is 5.75 Å². The van der Waals surface area contributed by atoms with Gasteiger partial charge >= 0.3 is 10.1 Å². The molecule has 3 aromatic rings. The zero-order valence-electron chi connectivity index (χ0n) is 15.7. The first-order valence-corrected chi connectivity index (χ1v) is 10.4. The first-order valence-electron chi connectivity index (χ1n) is 9.01. The first kappa shape index (κ1) is 21.6. The number of benzene rings is 3. The van der Waals surface area contributed by atoms with Crippen molar-refractivity contribution >= 4 is 10.1 Å². The molecule has 6 heteroatoms. The van der Waals surface area contributed by atoms with Crippen molar-refractivity contribution < 1.29 is 17.7 Å². The molecule has 2 N–H and O–H groups in total. The fourth-order valence-electron chi connectivity index (χ4n) is 2.29. The Morgan fingerprint density at radius 2 is 1.36 bits per heavy atom. The van der Waals surface area contributed by atoms with Crippen molar-refractivity contribution in [2.24, 2.45) is 0 Å². The molecule has 0 saturated heterocycles. The maximum absolute atomic E-state index is 12.1. The molecule has 148 valence electrons. The maximum atomic E-state index is 12.1. The van der Waals surface area contributed by atoms with E-state index >= 15 is 0 Å². The third-order valence-corrected chi connectivity index (χ3v) is 5.02. The predicted octanol–water partition coefficient (Wildman–Crippen LogP) is 3.78. The van der Waals surface area contributed by atoms with E-state index in [0.29, 0.717) is 12.1 Å². The van der Waals surface area contributed by atoms with Gasteiger partial charge in [-0.25, -0.2) is 0 Å². The molecular weight excluding hydrogens is 374 g/mol. The highest BCUT2D eigenvalue weighted by Gasteiger charge is 2.16. The average Bonchev–Trinajstić information content (AvgIpc) is 2.74. The van der Waals surface area contributed by atoms with Crippen molar-refractivity contribution in [3.63, 3.8) is 0 Å². The summed E-state index contributed by atoms with van der Waals surface area (Å²) in [5.74, 6) is 0.211. The van der Waals surface area contributed by atoms with E-state index in [4.69, 9.17) is 4.18 Å². The summed E-state index contributed by atoms with van der Waals surface area (Å²) in [7, 11) is -3.84. The predicted molar refractivity (Wildman–Crippen MR) is 111 cm³/mol. The lowest BCUT2D eigenvalue weighted by Gasteiger charge is -2.12. The van der Waals surface area contributed by atoms with Gasteiger partial charge in [-0.3, -0.25) is 0 Å². The van der Waals surface area contributed by atoms with Crippen LogP contribution in [0.1, 0.15) is 18.6 Å². The van der Waals surface area contributed by atoms with Gasteiger partial charge in [0.25, 0.3) is 0 Å². The van der Waals surface area contributed by atoms with Crippen LogP contribution in [0.15, 0.2) is 95.9 Å². The molecule has 0 spiro atoms. The Labute approximate surface area is 166 Å². The number of hydrogen-bond donors (Lipinski definition) is 2. The van der Waals surface area contributed by atoms with Crippen molar-refractivity contribution in [2.75, 3.05) is 13.1 Å². The number of nitrogens with one attached hydrogen (secondary N) is 1. The zero-order chi connectivity index (χ0) is 20.2. The molecule has 3 rings (SSSR count). The second-order valence-corrected chi connectivity index (χ2v) is 7.44. The first-order chi connectivity index (χ1) is 13.5. The van der Waals surface area contributed by atoms with Crippen LogP contribution in [0.5, 0.6) is 5.75 Å². The Bertz CT molecular complexity index is 872. The molecule has 0 saturated carbocycles. The van der Waals surface area contributed by atoms with Crippen LogP contribution in [-0.4, -0.2) is 26.6 Å². The molecule has 0 unspecified atom stereocenters. The summed E-state index contributed by atoms with van der Waals surface area (Å²) in [4.78, 5) is 0.103. The van der Waals surface area contributed by atoms with Crippen molar-refractivity contribution in [1.82, 2.24) is 5.32 Å². The van der Waals surface area contributed by atoms with Gasteiger partial charge < -0.3 is 14.6 Å². The Morgan fingerprint density at radius 1 is 0.857 bits per heavy atom. The van der Waals surface area contributed by atoms with Crippen molar-refractivity contribution in [1.29, 1.82) is 0 Å². The molecule has 0 amide bonds. The molecule has 0 heterocycles. The van der Waals surface area contributed by atoms with E-state index in [0.717, 1.165) is 6.54 Å². The van der Waals surface area contributed by atoms with Crippen LogP contribution in [0.3, 0.4) is 0 Å². The number of likely N-dealkylation sites (N-methyl/N-ethyl adjacent to an activating group) is 1. The fourth-order valence-corrected chi connectivity index (χ4v) is 3.24. The lowest BCUT2D eigenvalue weighted by atomic mass is 10.1. The molecule has 28 heavy (non-hydrogen) atoms. The minimum absolute atomic E-state index is 0.103. The summed E-state index contributed by atoms with van der Waals surface area (Å²) < 4.78 is 29.2. The highest BCUT2D eigenvalue weighted by molar-refractivity contribution is 7.87. The van der Waals surface area contributed by atoms with Gasteiger partial charge in [-0.2, -0.15) is 8.42 Å². The van der Waals surface area contributed by atoms with Crippen LogP contribution in [0, 0.1) is 0 Å². The van der Waals surface area contributed by atoms with E-state index in [-0.39, 0.29) is 10.6 Å². The van der Waals surface area contributed by atoms with Crippen LogP contribution < -0.4 is 9.50 Å². The van der Waals surface area contributed by atoms with Gasteiger partial charge in [0.15, 0.2) is 0 Å². The van der Waals surface area contributed by atoms with Gasteiger partial charge in [0.2, 0.25) is 0 Å². The van der Waals surface area contributed by atoms with Gasteiger partial charge in [-0.15, -0.1) is 0 Å². The molecule has 0 aromatic heterocycles. The number of rotatable bonds is 7. The lowest BCUT2D eigenvalue weighted by molar-refractivity contribution is 0.175. The third-order valence-electron chi connectivity index (χ3n) is 3.76. The van der Waals surface area contributed by atoms with E-state index in [1.165, 1.54) is 24.3 Å². The number of hydrogen-bond acceptors (Lipinski definition) is 5. The van der Waals surface area contributed by atoms with Crippen LogP contribution in [-0.2, 0) is 10.1 Å². The van der Waals surface area contributed by atoms with Gasteiger partial charge in [-0.05, 0) is 36.4 Å². The molecule has 0 radical (unpaired) electrons. The lowest BCUT2D eigenvalue weighted by Crippen LogP contribution is -2.20. The Hall–Kier alpha value is -2.67. The summed E-state index contributed by atoms with van der Waals surface area (Å²) in [6.45, 7) is 3.17. The summed E-state index contributed by atoms with van der Waals surface area (Å²) in [6, 6.07) is 26.3. The Balaban J connectivity index is 0.000000397. The van der Waals surface area contributed by atoms with E-state index in [1.54, 1.807) is 30.3 Å². The number of aliphatic hydroxyl groups is 1. The zero-order valence-corrected chi connectivity index (χ0v) is 16.5. The molecular formula is C22H25NO4S. The van der Waals surface area contributed by atoms with E-state index in [2.05, 4.69) is 5.32 Å². The van der Waals surface area contributed by atoms with Gasteiger partial charge in [0.05, 0.1) is 6.10 Å². The molecule has 3 aromatic carbocycles. The minimum atomic E-state index is -3.84. The largest absolute Gasteiger partial charge is 0.387 e. The molecule has 0 aliphatic rings. The highest BCUT2D eigenvalue weighted by Crippen LogP contribution is 2.21. The monoisotopic (exact) mass is 399 g/mol. The quantitative estimate of drug-likeness (QED) is 0.591. The smallest absolute Gasteiger partial charge is 0.339 e. The van der Waals surface area contributed by atoms with Crippen LogP contribution >= 0.6 is 0 Å². The Morgan fingerprint density at radius 3 is 1.86 bits per heavy atom. The van der Waals surface area contributed by atoms with E-state index in [1.807, 2.05) is 43.3 Å². The normalized spacial score (nSPS) is 11.8. The fraction of sp³-hybridized carbons (Fsp3) is 0.182. The molecule has 0 bridgehead atoms. The topological polar surface area (TPSA) is 75.6 Å². The van der Waals surface area contributed by atoms with E-state index in [9.17, 15) is 13.5 Å². The molecule has 1 atom stereocenters. The van der Waals surface area contributed by atoms with Crippen molar-refractivity contribution in [3.05, 3.63) is 96.6 Å². The van der Waals surface area contributed by atoms with Crippen LogP contribution in [0.25, 0.3) is 0 Å². The van der Waals surface area contributed by atoms with Gasteiger partial charge in [0.1, 0.15) is 10.6 Å². The second kappa shape index (κ2) is 11.2.